The summed E-state index contributed by atoms with van der Waals surface area (Å²) in [5, 5.41) is 3.39. The Morgan fingerprint density at radius 3 is 2.30 bits per heavy atom. The van der Waals surface area contributed by atoms with Gasteiger partial charge in [-0.15, -0.1) is 0 Å². The molecule has 1 saturated heterocycles. The van der Waals surface area contributed by atoms with Crippen molar-refractivity contribution < 1.29 is 18.9 Å². The molecule has 3 rings (SSSR count). The predicted octanol–water partition coefficient (Wildman–Crippen LogP) is 2.76. The van der Waals surface area contributed by atoms with Crippen LogP contribution in [0.25, 0.3) is 0 Å². The smallest absolute Gasteiger partial charge is 0.246 e. The fraction of sp³-hybridized carbons (Fsp3) is 0.600. The van der Waals surface area contributed by atoms with E-state index in [1.165, 1.54) is 0 Å². The van der Waals surface area contributed by atoms with E-state index < -0.39 is 11.6 Å². The summed E-state index contributed by atoms with van der Waals surface area (Å²) < 4.78 is 22.7. The highest BCUT2D eigenvalue weighted by molar-refractivity contribution is 5.56. The average Bonchev–Trinajstić information content (AvgIpc) is 2.65. The van der Waals surface area contributed by atoms with E-state index in [4.69, 9.17) is 18.9 Å². The van der Waals surface area contributed by atoms with Gasteiger partial charge >= 0.3 is 0 Å². The van der Waals surface area contributed by atoms with Crippen LogP contribution in [0.5, 0.6) is 11.5 Å². The number of fused-ring (bicyclic) bond motifs is 1. The van der Waals surface area contributed by atoms with Gasteiger partial charge in [-0.05, 0) is 26.0 Å². The molecular weight excluding hydrogens is 258 g/mol. The Balaban J connectivity index is 1.65. The Morgan fingerprint density at radius 2 is 1.60 bits per heavy atom. The molecule has 5 nitrogen and oxygen atoms in total. The van der Waals surface area contributed by atoms with Crippen LogP contribution in [-0.2, 0) is 9.47 Å². The third-order valence-electron chi connectivity index (χ3n) is 3.29. The first-order chi connectivity index (χ1) is 9.33. The molecule has 0 aliphatic carbocycles. The summed E-state index contributed by atoms with van der Waals surface area (Å²) in [7, 11) is 0. The molecule has 0 aromatic heterocycles. The first-order valence-corrected chi connectivity index (χ1v) is 6.90. The molecule has 0 saturated carbocycles. The maximum Gasteiger partial charge on any atom is 0.246 e. The molecule has 0 unspecified atom stereocenters. The van der Waals surface area contributed by atoms with Gasteiger partial charge in [0.15, 0.2) is 17.3 Å². The van der Waals surface area contributed by atoms with Crippen LogP contribution in [-0.4, -0.2) is 30.8 Å². The van der Waals surface area contributed by atoms with Gasteiger partial charge in [0.1, 0.15) is 0 Å². The van der Waals surface area contributed by atoms with E-state index in [0.29, 0.717) is 13.2 Å². The van der Waals surface area contributed by atoms with E-state index in [9.17, 15) is 0 Å². The second-order valence-corrected chi connectivity index (χ2v) is 6.13. The molecule has 0 bridgehead atoms. The van der Waals surface area contributed by atoms with E-state index in [2.05, 4.69) is 5.32 Å². The zero-order valence-corrected chi connectivity index (χ0v) is 12.4. The van der Waals surface area contributed by atoms with Gasteiger partial charge in [-0.3, -0.25) is 0 Å². The predicted molar refractivity (Wildman–Crippen MR) is 75.2 cm³/mol. The van der Waals surface area contributed by atoms with E-state index >= 15 is 0 Å². The average molecular weight is 279 g/mol. The normalized spacial score (nSPS) is 23.6. The maximum absolute atomic E-state index is 5.73. The molecule has 1 aromatic carbocycles. The molecule has 2 aliphatic heterocycles. The Morgan fingerprint density at radius 1 is 0.950 bits per heavy atom. The molecule has 1 N–H and O–H groups in total. The number of nitrogens with one attached hydrogen (secondary N) is 1. The Bertz CT molecular complexity index is 503. The van der Waals surface area contributed by atoms with E-state index in [1.807, 2.05) is 45.9 Å². The van der Waals surface area contributed by atoms with Crippen LogP contribution in [0.3, 0.4) is 0 Å². The minimum atomic E-state index is -0.595. The lowest BCUT2D eigenvalue weighted by atomic mass is 10.2. The highest BCUT2D eigenvalue weighted by Crippen LogP contribution is 2.40. The summed E-state index contributed by atoms with van der Waals surface area (Å²) in [5.74, 6) is 0.454. The van der Waals surface area contributed by atoms with Gasteiger partial charge in [-0.1, -0.05) is 0 Å². The lowest BCUT2D eigenvalue weighted by molar-refractivity contribution is -0.247. The summed E-state index contributed by atoms with van der Waals surface area (Å²) in [6, 6.07) is 5.98. The van der Waals surface area contributed by atoms with Crippen LogP contribution >= 0.6 is 0 Å². The van der Waals surface area contributed by atoms with Crippen LogP contribution in [0.1, 0.15) is 27.7 Å². The number of hydrogen-bond acceptors (Lipinski definition) is 5. The summed E-state index contributed by atoms with van der Waals surface area (Å²) >= 11 is 0. The van der Waals surface area contributed by atoms with Crippen molar-refractivity contribution in [1.29, 1.82) is 0 Å². The monoisotopic (exact) mass is 279 g/mol. The van der Waals surface area contributed by atoms with Gasteiger partial charge in [0, 0.05) is 25.6 Å². The van der Waals surface area contributed by atoms with Crippen molar-refractivity contribution in [1.82, 2.24) is 0 Å². The molecule has 110 valence electrons. The minimum Gasteiger partial charge on any atom is -0.449 e. The van der Waals surface area contributed by atoms with Crippen LogP contribution in [0.2, 0.25) is 0 Å². The van der Waals surface area contributed by atoms with E-state index in [1.54, 1.807) is 0 Å². The molecular formula is C15H21NO4. The van der Waals surface area contributed by atoms with Crippen molar-refractivity contribution in [2.75, 3.05) is 18.5 Å². The molecule has 0 radical (unpaired) electrons. The number of rotatable bonds is 2. The summed E-state index contributed by atoms with van der Waals surface area (Å²) in [4.78, 5) is 0. The van der Waals surface area contributed by atoms with Gasteiger partial charge < -0.3 is 24.3 Å². The molecule has 2 aliphatic rings. The molecule has 0 atom stereocenters. The van der Waals surface area contributed by atoms with E-state index in [-0.39, 0.29) is 6.04 Å². The van der Waals surface area contributed by atoms with E-state index in [0.717, 1.165) is 17.2 Å². The fourth-order valence-electron chi connectivity index (χ4n) is 2.32. The van der Waals surface area contributed by atoms with Crippen molar-refractivity contribution >= 4 is 5.69 Å². The Hall–Kier alpha value is -1.46. The second kappa shape index (κ2) is 4.53. The Labute approximate surface area is 119 Å². The lowest BCUT2D eigenvalue weighted by Gasteiger charge is -2.35. The highest BCUT2D eigenvalue weighted by atomic mass is 16.7. The first kappa shape index (κ1) is 13.5. The number of anilines is 1. The van der Waals surface area contributed by atoms with Crippen LogP contribution in [0.4, 0.5) is 5.69 Å². The molecule has 1 aromatic rings. The van der Waals surface area contributed by atoms with Crippen LogP contribution in [0.15, 0.2) is 18.2 Å². The number of benzene rings is 1. The number of hydrogen-bond donors (Lipinski definition) is 1. The summed E-state index contributed by atoms with van der Waals surface area (Å²) in [5.41, 5.74) is 0.974. The minimum absolute atomic E-state index is 0.136. The van der Waals surface area contributed by atoms with Gasteiger partial charge in [0.2, 0.25) is 5.79 Å². The molecule has 5 heteroatoms. The lowest BCUT2D eigenvalue weighted by Crippen LogP contribution is -2.45. The van der Waals surface area contributed by atoms with Crippen molar-refractivity contribution in [3.05, 3.63) is 18.2 Å². The van der Waals surface area contributed by atoms with Crippen molar-refractivity contribution in [3.63, 3.8) is 0 Å². The van der Waals surface area contributed by atoms with Crippen molar-refractivity contribution in [3.8, 4) is 11.5 Å². The second-order valence-electron chi connectivity index (χ2n) is 6.13. The zero-order chi connectivity index (χ0) is 14.4. The quantitative estimate of drug-likeness (QED) is 0.902. The molecule has 2 heterocycles. The topological polar surface area (TPSA) is 49.0 Å². The SMILES string of the molecule is CC1(C)OCC(Nc2ccc3c(c2)OC(C)(C)O3)CO1. The molecule has 20 heavy (non-hydrogen) atoms. The van der Waals surface area contributed by atoms with Crippen LogP contribution in [0, 0.1) is 0 Å². The molecule has 0 amide bonds. The number of ether oxygens (including phenoxy) is 4. The molecule has 0 spiro atoms. The third kappa shape index (κ3) is 2.83. The van der Waals surface area contributed by atoms with Crippen LogP contribution < -0.4 is 14.8 Å². The maximum atomic E-state index is 5.73. The zero-order valence-electron chi connectivity index (χ0n) is 12.4. The first-order valence-electron chi connectivity index (χ1n) is 6.90. The fourth-order valence-corrected chi connectivity index (χ4v) is 2.32. The summed E-state index contributed by atoms with van der Waals surface area (Å²) in [6.07, 6.45) is 0. The van der Waals surface area contributed by atoms with Gasteiger partial charge in [0.25, 0.3) is 0 Å². The standard InChI is InChI=1S/C15H21NO4/c1-14(2)17-8-11(9-18-14)16-10-5-6-12-13(7-10)20-15(3,4)19-12/h5-7,11,16H,8-9H2,1-4H3. The van der Waals surface area contributed by atoms with Gasteiger partial charge in [-0.25, -0.2) is 0 Å². The highest BCUT2D eigenvalue weighted by Gasteiger charge is 2.32. The third-order valence-corrected chi connectivity index (χ3v) is 3.29. The van der Waals surface area contributed by atoms with Gasteiger partial charge in [-0.2, -0.15) is 0 Å². The largest absolute Gasteiger partial charge is 0.449 e. The van der Waals surface area contributed by atoms with Crippen molar-refractivity contribution in [2.24, 2.45) is 0 Å². The molecule has 1 fully saturated rings. The summed E-state index contributed by atoms with van der Waals surface area (Å²) in [6.45, 7) is 8.87. The van der Waals surface area contributed by atoms with Crippen molar-refractivity contribution in [2.45, 2.75) is 45.3 Å². The Kier molecular flexibility index (Phi) is 3.06. The van der Waals surface area contributed by atoms with Gasteiger partial charge in [0.05, 0.1) is 19.3 Å².